The third kappa shape index (κ3) is 4.69. The number of nitrogens with one attached hydrogen (secondary N) is 1. The number of rotatable bonds is 6. The molecule has 0 aromatic heterocycles. The lowest BCUT2D eigenvalue weighted by atomic mass is 10.0. The topological polar surface area (TPSA) is 89.3 Å². The van der Waals surface area contributed by atoms with Gasteiger partial charge in [-0.2, -0.15) is 0 Å². The summed E-state index contributed by atoms with van der Waals surface area (Å²) in [7, 11) is 0. The van der Waals surface area contributed by atoms with Crippen molar-refractivity contribution in [3.05, 3.63) is 75.1 Å². The van der Waals surface area contributed by atoms with E-state index < -0.39 is 16.9 Å². The molecule has 0 radical (unpaired) electrons. The van der Waals surface area contributed by atoms with E-state index >= 15 is 0 Å². The van der Waals surface area contributed by atoms with E-state index in [0.29, 0.717) is 5.56 Å². The Bertz CT molecular complexity index is 824. The molecule has 0 aliphatic rings. The smallest absolute Gasteiger partial charge is 0.270 e. The van der Waals surface area contributed by atoms with Crippen molar-refractivity contribution in [1.82, 2.24) is 5.32 Å². The summed E-state index contributed by atoms with van der Waals surface area (Å²) in [6.07, 6.45) is 0. The summed E-state index contributed by atoms with van der Waals surface area (Å²) in [4.78, 5) is 34.6. The molecule has 0 saturated carbocycles. The number of carbonyl (C=O) groups excluding carboxylic acids is 2. The molecule has 0 heterocycles. The van der Waals surface area contributed by atoms with Gasteiger partial charge in [-0.05, 0) is 30.7 Å². The van der Waals surface area contributed by atoms with E-state index in [0.717, 1.165) is 12.1 Å². The van der Waals surface area contributed by atoms with Gasteiger partial charge in [-0.15, -0.1) is 0 Å². The minimum absolute atomic E-state index is 0.00691. The van der Waals surface area contributed by atoms with E-state index in [-0.39, 0.29) is 33.7 Å². The first-order valence-electron chi connectivity index (χ1n) is 7.26. The number of amides is 1. The predicted molar refractivity (Wildman–Crippen MR) is 93.5 cm³/mol. The maximum absolute atomic E-state index is 13.0. The molecule has 0 fully saturated rings. The number of alkyl halides is 1. The van der Waals surface area contributed by atoms with Gasteiger partial charge in [0, 0.05) is 23.3 Å². The van der Waals surface area contributed by atoms with Crippen molar-refractivity contribution < 1.29 is 18.9 Å². The lowest BCUT2D eigenvalue weighted by molar-refractivity contribution is -0.384. The van der Waals surface area contributed by atoms with E-state index in [1.807, 2.05) is 0 Å². The normalized spacial score (nSPS) is 11.6. The summed E-state index contributed by atoms with van der Waals surface area (Å²) in [6.45, 7) is 1.70. The van der Waals surface area contributed by atoms with E-state index in [1.165, 1.54) is 30.3 Å². The van der Waals surface area contributed by atoms with Crippen LogP contribution in [0.15, 0.2) is 42.5 Å². The van der Waals surface area contributed by atoms with Crippen molar-refractivity contribution in [1.29, 1.82) is 0 Å². The van der Waals surface area contributed by atoms with Gasteiger partial charge in [-0.25, -0.2) is 4.39 Å². The molecule has 1 amide bonds. The highest BCUT2D eigenvalue weighted by Crippen LogP contribution is 2.20. The van der Waals surface area contributed by atoms with Gasteiger partial charge in [0.25, 0.3) is 11.6 Å². The number of benzene rings is 2. The van der Waals surface area contributed by atoms with E-state index in [1.54, 1.807) is 6.92 Å². The Hall–Kier alpha value is -2.61. The zero-order valence-corrected chi connectivity index (χ0v) is 14.7. The molecular formula is C17H14BrFN2O4. The van der Waals surface area contributed by atoms with Crippen LogP contribution in [0.5, 0.6) is 0 Å². The highest BCUT2D eigenvalue weighted by atomic mass is 79.9. The molecule has 6 nitrogen and oxygen atoms in total. The number of halogens is 2. The second-order valence-corrected chi connectivity index (χ2v) is 5.89. The van der Waals surface area contributed by atoms with Gasteiger partial charge >= 0.3 is 0 Å². The maximum atomic E-state index is 13.0. The standard InChI is InChI=1S/C17H14BrFN2O4/c1-10(11-2-4-14(19)5-3-11)20-17(23)13-6-12(16(22)9-18)7-15(8-13)21(24)25/h2-8,10H,9H2,1H3,(H,20,23). The molecule has 0 bridgehead atoms. The van der Waals surface area contributed by atoms with Gasteiger partial charge < -0.3 is 5.32 Å². The number of non-ortho nitro benzene ring substituents is 1. The van der Waals surface area contributed by atoms with Crippen LogP contribution in [0, 0.1) is 15.9 Å². The molecule has 1 atom stereocenters. The Morgan fingerprint density at radius 3 is 2.36 bits per heavy atom. The quantitative estimate of drug-likeness (QED) is 0.340. The monoisotopic (exact) mass is 408 g/mol. The number of nitro groups is 1. The summed E-state index contributed by atoms with van der Waals surface area (Å²) in [5.41, 5.74) is 0.418. The number of carbonyl (C=O) groups is 2. The van der Waals surface area contributed by atoms with Crippen LogP contribution in [-0.2, 0) is 0 Å². The van der Waals surface area contributed by atoms with Crippen LogP contribution in [0.1, 0.15) is 39.2 Å². The lowest BCUT2D eigenvalue weighted by Crippen LogP contribution is -2.27. The third-order valence-electron chi connectivity index (χ3n) is 3.55. The second-order valence-electron chi connectivity index (χ2n) is 5.33. The minimum Gasteiger partial charge on any atom is -0.346 e. The number of ketones is 1. The molecule has 2 rings (SSSR count). The Kier molecular flexibility index (Phi) is 5.97. The molecule has 2 aromatic carbocycles. The molecule has 0 aliphatic carbocycles. The molecule has 0 aliphatic heterocycles. The van der Waals surface area contributed by atoms with Gasteiger partial charge in [0.1, 0.15) is 5.82 Å². The maximum Gasteiger partial charge on any atom is 0.270 e. The summed E-state index contributed by atoms with van der Waals surface area (Å²) < 4.78 is 13.0. The van der Waals surface area contributed by atoms with Crippen molar-refractivity contribution in [3.63, 3.8) is 0 Å². The average Bonchev–Trinajstić information content (AvgIpc) is 2.60. The van der Waals surface area contributed by atoms with Crippen LogP contribution in [0.25, 0.3) is 0 Å². The SMILES string of the molecule is CC(NC(=O)c1cc(C(=O)CBr)cc([N+](=O)[O-])c1)c1ccc(F)cc1. The Morgan fingerprint density at radius 2 is 1.80 bits per heavy atom. The predicted octanol–water partition coefficient (Wildman–Crippen LogP) is 3.80. The third-order valence-corrected chi connectivity index (χ3v) is 4.06. The number of hydrogen-bond donors (Lipinski definition) is 1. The largest absolute Gasteiger partial charge is 0.346 e. The molecule has 25 heavy (non-hydrogen) atoms. The van der Waals surface area contributed by atoms with Gasteiger partial charge in [0.15, 0.2) is 5.78 Å². The fraction of sp³-hybridized carbons (Fsp3) is 0.176. The molecule has 0 saturated heterocycles. The van der Waals surface area contributed by atoms with Crippen molar-refractivity contribution >= 4 is 33.3 Å². The summed E-state index contributed by atoms with van der Waals surface area (Å²) in [6, 6.07) is 8.73. The summed E-state index contributed by atoms with van der Waals surface area (Å²) in [5, 5.41) is 13.7. The van der Waals surface area contributed by atoms with Crippen molar-refractivity contribution in [3.8, 4) is 0 Å². The molecule has 2 aromatic rings. The van der Waals surface area contributed by atoms with Crippen LogP contribution < -0.4 is 5.32 Å². The van der Waals surface area contributed by atoms with Gasteiger partial charge in [0.2, 0.25) is 0 Å². The van der Waals surface area contributed by atoms with Crippen LogP contribution in [-0.4, -0.2) is 21.9 Å². The van der Waals surface area contributed by atoms with E-state index in [2.05, 4.69) is 21.2 Å². The van der Waals surface area contributed by atoms with Gasteiger partial charge in [-0.1, -0.05) is 28.1 Å². The fourth-order valence-corrected chi connectivity index (χ4v) is 2.52. The average molecular weight is 409 g/mol. The number of Topliss-reactive ketones (excluding diaryl/α,β-unsaturated/α-hetero) is 1. The zero-order valence-electron chi connectivity index (χ0n) is 13.2. The number of nitrogens with zero attached hydrogens (tertiary/aromatic N) is 1. The van der Waals surface area contributed by atoms with Crippen LogP contribution in [0.3, 0.4) is 0 Å². The molecular weight excluding hydrogens is 395 g/mol. The molecule has 0 spiro atoms. The van der Waals surface area contributed by atoms with Crippen LogP contribution >= 0.6 is 15.9 Å². The number of hydrogen-bond acceptors (Lipinski definition) is 4. The van der Waals surface area contributed by atoms with Crippen molar-refractivity contribution in [2.75, 3.05) is 5.33 Å². The van der Waals surface area contributed by atoms with Gasteiger partial charge in [0.05, 0.1) is 16.3 Å². The highest BCUT2D eigenvalue weighted by molar-refractivity contribution is 9.09. The van der Waals surface area contributed by atoms with Crippen molar-refractivity contribution in [2.45, 2.75) is 13.0 Å². The van der Waals surface area contributed by atoms with Gasteiger partial charge in [-0.3, -0.25) is 19.7 Å². The Morgan fingerprint density at radius 1 is 1.20 bits per heavy atom. The van der Waals surface area contributed by atoms with E-state index in [4.69, 9.17) is 0 Å². The second kappa shape index (κ2) is 7.98. The van der Waals surface area contributed by atoms with E-state index in [9.17, 15) is 24.1 Å². The van der Waals surface area contributed by atoms with Crippen LogP contribution in [0.2, 0.25) is 0 Å². The summed E-state index contributed by atoms with van der Waals surface area (Å²) >= 11 is 3.00. The molecule has 1 N–H and O–H groups in total. The first kappa shape index (κ1) is 18.7. The minimum atomic E-state index is -0.662. The molecule has 130 valence electrons. The molecule has 1 unspecified atom stereocenters. The van der Waals surface area contributed by atoms with Crippen LogP contribution in [0.4, 0.5) is 10.1 Å². The number of nitro benzene ring substituents is 1. The zero-order chi connectivity index (χ0) is 18.6. The lowest BCUT2D eigenvalue weighted by Gasteiger charge is -2.14. The summed E-state index contributed by atoms with van der Waals surface area (Å²) in [5.74, 6) is -1.33. The first-order valence-corrected chi connectivity index (χ1v) is 8.39. The Labute approximate surface area is 151 Å². The highest BCUT2D eigenvalue weighted by Gasteiger charge is 2.19. The first-order chi connectivity index (χ1) is 11.8. The fourth-order valence-electron chi connectivity index (χ4n) is 2.20. The molecule has 8 heteroatoms. The Balaban J connectivity index is 2.28. The van der Waals surface area contributed by atoms with Crippen molar-refractivity contribution in [2.24, 2.45) is 0 Å².